The molecule has 0 radical (unpaired) electrons. The quantitative estimate of drug-likeness (QED) is 0.330. The molecule has 7 heteroatoms. The van der Waals surface area contributed by atoms with Crippen molar-refractivity contribution in [3.05, 3.63) is 71.3 Å². The molecular weight excluding hydrogens is 382 g/mol. The van der Waals surface area contributed by atoms with Crippen LogP contribution in [-0.2, 0) is 9.53 Å². The standard InChI is InChI=1S/C23H25N3O4/c27-22(25-21(23(28)26-29)16-24-20-12-14-30-15-13-20)19-10-8-18(9-11-19)7-6-17-4-2-1-3-5-17/h1-5,8-11,20-21,24,29H,12-16H2,(H,25,27)(H,26,28)/t21-/m0/s1. The number of carbonyl (C=O) groups is 2. The van der Waals surface area contributed by atoms with Crippen molar-refractivity contribution < 1.29 is 19.5 Å². The Morgan fingerprint density at radius 2 is 1.63 bits per heavy atom. The van der Waals surface area contributed by atoms with Crippen LogP contribution < -0.4 is 16.1 Å². The van der Waals surface area contributed by atoms with Crippen LogP contribution in [0, 0.1) is 11.8 Å². The fourth-order valence-electron chi connectivity index (χ4n) is 3.09. The lowest BCUT2D eigenvalue weighted by Crippen LogP contribution is -2.53. The smallest absolute Gasteiger partial charge is 0.267 e. The van der Waals surface area contributed by atoms with Crippen LogP contribution in [0.15, 0.2) is 54.6 Å². The van der Waals surface area contributed by atoms with Gasteiger partial charge < -0.3 is 15.4 Å². The van der Waals surface area contributed by atoms with E-state index in [1.54, 1.807) is 29.7 Å². The topological polar surface area (TPSA) is 99.7 Å². The Labute approximate surface area is 175 Å². The molecule has 3 rings (SSSR count). The van der Waals surface area contributed by atoms with Crippen molar-refractivity contribution in [3.8, 4) is 11.8 Å². The Morgan fingerprint density at radius 3 is 2.27 bits per heavy atom. The van der Waals surface area contributed by atoms with Crippen molar-refractivity contribution in [2.45, 2.75) is 24.9 Å². The average molecular weight is 407 g/mol. The van der Waals surface area contributed by atoms with Gasteiger partial charge in [0.2, 0.25) is 0 Å². The van der Waals surface area contributed by atoms with Gasteiger partial charge in [-0.15, -0.1) is 0 Å². The second kappa shape index (κ2) is 11.1. The maximum absolute atomic E-state index is 12.6. The molecule has 0 aromatic heterocycles. The molecule has 0 spiro atoms. The molecule has 156 valence electrons. The molecular formula is C23H25N3O4. The summed E-state index contributed by atoms with van der Waals surface area (Å²) in [5.74, 6) is 5.04. The van der Waals surface area contributed by atoms with Crippen LogP contribution in [-0.4, -0.2) is 48.9 Å². The van der Waals surface area contributed by atoms with Gasteiger partial charge in [-0.1, -0.05) is 30.0 Å². The van der Waals surface area contributed by atoms with Gasteiger partial charge in [0.15, 0.2) is 0 Å². The number of hydrogen-bond donors (Lipinski definition) is 4. The largest absolute Gasteiger partial charge is 0.381 e. The van der Waals surface area contributed by atoms with Crippen LogP contribution in [0.1, 0.15) is 34.3 Å². The molecule has 1 saturated heterocycles. The molecule has 2 aromatic rings. The van der Waals surface area contributed by atoms with Crippen molar-refractivity contribution in [2.75, 3.05) is 19.8 Å². The second-order valence-corrected chi connectivity index (χ2v) is 6.99. The van der Waals surface area contributed by atoms with Crippen LogP contribution in [0.5, 0.6) is 0 Å². The predicted octanol–water partition coefficient (Wildman–Crippen LogP) is 1.46. The zero-order valence-electron chi connectivity index (χ0n) is 16.6. The molecule has 1 heterocycles. The Hall–Kier alpha value is -3.18. The van der Waals surface area contributed by atoms with E-state index in [2.05, 4.69) is 22.5 Å². The summed E-state index contributed by atoms with van der Waals surface area (Å²) in [4.78, 5) is 24.5. The molecule has 0 unspecified atom stereocenters. The molecule has 1 fully saturated rings. The number of ether oxygens (including phenoxy) is 1. The molecule has 0 bridgehead atoms. The Morgan fingerprint density at radius 1 is 1.00 bits per heavy atom. The molecule has 4 N–H and O–H groups in total. The van der Waals surface area contributed by atoms with Gasteiger partial charge in [-0.05, 0) is 49.2 Å². The number of benzene rings is 2. The number of amides is 2. The van der Waals surface area contributed by atoms with Crippen molar-refractivity contribution >= 4 is 11.8 Å². The lowest BCUT2D eigenvalue weighted by atomic mass is 10.1. The van der Waals surface area contributed by atoms with E-state index in [0.29, 0.717) is 18.8 Å². The highest BCUT2D eigenvalue weighted by Gasteiger charge is 2.23. The zero-order valence-corrected chi connectivity index (χ0v) is 16.6. The second-order valence-electron chi connectivity index (χ2n) is 6.99. The van der Waals surface area contributed by atoms with Gasteiger partial charge in [0.05, 0.1) is 0 Å². The zero-order chi connectivity index (χ0) is 21.2. The summed E-state index contributed by atoms with van der Waals surface area (Å²) in [6.07, 6.45) is 1.68. The van der Waals surface area contributed by atoms with Gasteiger partial charge in [-0.2, -0.15) is 0 Å². The first kappa shape index (κ1) is 21.5. The monoisotopic (exact) mass is 407 g/mol. The molecule has 1 atom stereocenters. The summed E-state index contributed by atoms with van der Waals surface area (Å²) < 4.78 is 5.31. The van der Waals surface area contributed by atoms with Crippen molar-refractivity contribution in [1.29, 1.82) is 0 Å². The van der Waals surface area contributed by atoms with Crippen molar-refractivity contribution in [2.24, 2.45) is 0 Å². The summed E-state index contributed by atoms with van der Waals surface area (Å²) in [6, 6.07) is 15.8. The maximum Gasteiger partial charge on any atom is 0.267 e. The fraction of sp³-hybridized carbons (Fsp3) is 0.304. The van der Waals surface area contributed by atoms with Crippen LogP contribution in [0.2, 0.25) is 0 Å². The minimum absolute atomic E-state index is 0.212. The van der Waals surface area contributed by atoms with E-state index >= 15 is 0 Å². The van der Waals surface area contributed by atoms with Crippen LogP contribution in [0.3, 0.4) is 0 Å². The summed E-state index contributed by atoms with van der Waals surface area (Å²) in [7, 11) is 0. The van der Waals surface area contributed by atoms with Crippen LogP contribution in [0.25, 0.3) is 0 Å². The van der Waals surface area contributed by atoms with E-state index < -0.39 is 17.9 Å². The van der Waals surface area contributed by atoms with Gasteiger partial charge in [-0.3, -0.25) is 14.8 Å². The average Bonchev–Trinajstić information content (AvgIpc) is 2.81. The molecule has 2 amide bonds. The Kier molecular flexibility index (Phi) is 7.98. The highest BCUT2D eigenvalue weighted by Crippen LogP contribution is 2.07. The minimum atomic E-state index is -0.900. The highest BCUT2D eigenvalue weighted by atomic mass is 16.5. The third-order valence-corrected chi connectivity index (χ3v) is 4.84. The molecule has 0 saturated carbocycles. The van der Waals surface area contributed by atoms with Gasteiger partial charge in [0.25, 0.3) is 11.8 Å². The summed E-state index contributed by atoms with van der Waals surface area (Å²) in [5.41, 5.74) is 3.71. The van der Waals surface area contributed by atoms with Gasteiger partial charge in [0, 0.05) is 42.5 Å². The van der Waals surface area contributed by atoms with Crippen LogP contribution >= 0.6 is 0 Å². The Bertz CT molecular complexity index is 898. The minimum Gasteiger partial charge on any atom is -0.381 e. The van der Waals surface area contributed by atoms with Gasteiger partial charge in [0.1, 0.15) is 6.04 Å². The van der Waals surface area contributed by atoms with E-state index in [9.17, 15) is 9.59 Å². The number of hydroxylamine groups is 1. The lowest BCUT2D eigenvalue weighted by Gasteiger charge is -2.25. The molecule has 0 aliphatic carbocycles. The molecule has 1 aliphatic rings. The van der Waals surface area contributed by atoms with E-state index in [1.807, 2.05) is 30.3 Å². The first-order valence-corrected chi connectivity index (χ1v) is 9.89. The number of nitrogens with one attached hydrogen (secondary N) is 3. The lowest BCUT2D eigenvalue weighted by molar-refractivity contribution is -0.131. The number of hydrogen-bond acceptors (Lipinski definition) is 5. The third-order valence-electron chi connectivity index (χ3n) is 4.84. The van der Waals surface area contributed by atoms with Crippen molar-refractivity contribution in [1.82, 2.24) is 16.1 Å². The van der Waals surface area contributed by atoms with E-state index in [0.717, 1.165) is 24.0 Å². The van der Waals surface area contributed by atoms with E-state index in [4.69, 9.17) is 9.94 Å². The first-order chi connectivity index (χ1) is 14.7. The summed E-state index contributed by atoms with van der Waals surface area (Å²) in [5, 5.41) is 14.9. The first-order valence-electron chi connectivity index (χ1n) is 9.89. The molecule has 30 heavy (non-hydrogen) atoms. The number of rotatable bonds is 6. The SMILES string of the molecule is O=C(N[C@@H](CNC1CCOCC1)C(=O)NO)c1ccc(C#Cc2ccccc2)cc1. The summed E-state index contributed by atoms with van der Waals surface area (Å²) in [6.45, 7) is 1.55. The van der Waals surface area contributed by atoms with Gasteiger partial charge >= 0.3 is 0 Å². The highest BCUT2D eigenvalue weighted by molar-refractivity contribution is 5.97. The normalized spacial score (nSPS) is 14.8. The molecule has 2 aromatic carbocycles. The van der Waals surface area contributed by atoms with Crippen molar-refractivity contribution in [3.63, 3.8) is 0 Å². The third kappa shape index (κ3) is 6.42. The van der Waals surface area contributed by atoms with Crippen LogP contribution in [0.4, 0.5) is 0 Å². The fourth-order valence-corrected chi connectivity index (χ4v) is 3.09. The summed E-state index contributed by atoms with van der Waals surface area (Å²) >= 11 is 0. The van der Waals surface area contributed by atoms with E-state index in [-0.39, 0.29) is 12.6 Å². The van der Waals surface area contributed by atoms with Gasteiger partial charge in [-0.25, -0.2) is 5.48 Å². The molecule has 7 nitrogen and oxygen atoms in total. The van der Waals surface area contributed by atoms with E-state index in [1.165, 1.54) is 0 Å². The maximum atomic E-state index is 12.6. The molecule has 1 aliphatic heterocycles. The number of carbonyl (C=O) groups excluding carboxylic acids is 2. The Balaban J connectivity index is 1.59. The predicted molar refractivity (Wildman–Crippen MR) is 112 cm³/mol.